The van der Waals surface area contributed by atoms with Gasteiger partial charge >= 0.3 is 6.09 Å². The molecular formula is C14H18N2O3. The number of benzene rings is 1. The lowest BCUT2D eigenvalue weighted by Crippen LogP contribution is -2.58. The largest absolute Gasteiger partial charge is 0.445 e. The quantitative estimate of drug-likeness (QED) is 0.854. The van der Waals surface area contributed by atoms with Gasteiger partial charge in [-0.1, -0.05) is 30.3 Å². The number of rotatable bonds is 3. The molecule has 2 heterocycles. The van der Waals surface area contributed by atoms with Crippen LogP contribution in [0.5, 0.6) is 0 Å². The third-order valence-corrected chi connectivity index (χ3v) is 3.63. The van der Waals surface area contributed by atoms with E-state index in [1.807, 2.05) is 30.3 Å². The molecule has 0 radical (unpaired) electrons. The van der Waals surface area contributed by atoms with Gasteiger partial charge in [-0.2, -0.15) is 0 Å². The van der Waals surface area contributed by atoms with E-state index in [2.05, 4.69) is 10.6 Å². The zero-order valence-corrected chi connectivity index (χ0v) is 10.7. The summed E-state index contributed by atoms with van der Waals surface area (Å²) < 4.78 is 10.9. The van der Waals surface area contributed by atoms with Crippen molar-refractivity contribution in [3.63, 3.8) is 0 Å². The van der Waals surface area contributed by atoms with Crippen LogP contribution in [0.25, 0.3) is 0 Å². The molecule has 3 rings (SSSR count). The van der Waals surface area contributed by atoms with Crippen molar-refractivity contribution in [3.05, 3.63) is 35.9 Å². The Bertz CT molecular complexity index is 447. The van der Waals surface area contributed by atoms with Crippen LogP contribution in [-0.2, 0) is 16.1 Å². The molecule has 5 nitrogen and oxygen atoms in total. The number of piperidine rings is 1. The van der Waals surface area contributed by atoms with Crippen LogP contribution in [0, 0.1) is 0 Å². The molecule has 1 aromatic carbocycles. The number of alkyl carbamates (subject to hydrolysis) is 1. The second kappa shape index (κ2) is 5.19. The molecule has 0 spiro atoms. The van der Waals surface area contributed by atoms with Gasteiger partial charge in [0, 0.05) is 19.5 Å². The zero-order chi connectivity index (χ0) is 13.1. The molecule has 0 aromatic heterocycles. The molecule has 19 heavy (non-hydrogen) atoms. The van der Waals surface area contributed by atoms with Gasteiger partial charge in [0.15, 0.2) is 0 Å². The standard InChI is InChI=1S/C14H18N2O3/c17-13(18-8-11-4-2-1-3-5-11)16-14-6-12(19-10-14)7-15-9-14/h1-5,12,15H,6-10H2,(H,16,17). The Kier molecular flexibility index (Phi) is 3.40. The summed E-state index contributed by atoms with van der Waals surface area (Å²) in [5.74, 6) is 0. The molecule has 2 unspecified atom stereocenters. The number of hydrogen-bond donors (Lipinski definition) is 2. The fourth-order valence-electron chi connectivity index (χ4n) is 2.66. The number of ether oxygens (including phenoxy) is 2. The van der Waals surface area contributed by atoms with Crippen molar-refractivity contribution in [2.75, 3.05) is 19.7 Å². The Balaban J connectivity index is 1.51. The minimum atomic E-state index is -0.378. The van der Waals surface area contributed by atoms with Crippen molar-refractivity contribution in [1.29, 1.82) is 0 Å². The second-order valence-corrected chi connectivity index (χ2v) is 5.24. The molecule has 0 aliphatic carbocycles. The summed E-state index contributed by atoms with van der Waals surface area (Å²) in [6, 6.07) is 9.66. The lowest BCUT2D eigenvalue weighted by atomic mass is 9.93. The topological polar surface area (TPSA) is 59.6 Å². The van der Waals surface area contributed by atoms with Crippen LogP contribution >= 0.6 is 0 Å². The smallest absolute Gasteiger partial charge is 0.408 e. The van der Waals surface area contributed by atoms with E-state index in [4.69, 9.17) is 9.47 Å². The Morgan fingerprint density at radius 2 is 2.32 bits per heavy atom. The lowest BCUT2D eigenvalue weighted by molar-refractivity contribution is 0.108. The monoisotopic (exact) mass is 262 g/mol. The summed E-state index contributed by atoms with van der Waals surface area (Å²) in [5.41, 5.74) is 0.689. The number of carbonyl (C=O) groups is 1. The number of hydrogen-bond acceptors (Lipinski definition) is 4. The van der Waals surface area contributed by atoms with Crippen molar-refractivity contribution in [3.8, 4) is 0 Å². The first-order valence-electron chi connectivity index (χ1n) is 6.57. The summed E-state index contributed by atoms with van der Waals surface area (Å²) in [7, 11) is 0. The number of carbonyl (C=O) groups excluding carboxylic acids is 1. The molecule has 5 heteroatoms. The zero-order valence-electron chi connectivity index (χ0n) is 10.7. The summed E-state index contributed by atoms with van der Waals surface area (Å²) in [5, 5.41) is 6.22. The highest BCUT2D eigenvalue weighted by atomic mass is 16.5. The Morgan fingerprint density at radius 1 is 1.47 bits per heavy atom. The van der Waals surface area contributed by atoms with Crippen molar-refractivity contribution in [1.82, 2.24) is 10.6 Å². The minimum absolute atomic E-state index is 0.211. The lowest BCUT2D eigenvalue weighted by Gasteiger charge is -2.31. The molecule has 2 aliphatic heterocycles. The van der Waals surface area contributed by atoms with Gasteiger partial charge in [0.25, 0.3) is 0 Å². The van der Waals surface area contributed by atoms with Gasteiger partial charge in [-0.15, -0.1) is 0 Å². The number of nitrogens with one attached hydrogen (secondary N) is 2. The van der Waals surface area contributed by atoms with E-state index in [1.165, 1.54) is 0 Å². The number of amides is 1. The Morgan fingerprint density at radius 3 is 3.16 bits per heavy atom. The summed E-state index contributed by atoms with van der Waals surface area (Å²) >= 11 is 0. The minimum Gasteiger partial charge on any atom is -0.445 e. The highest BCUT2D eigenvalue weighted by molar-refractivity contribution is 5.68. The summed E-state index contributed by atoms with van der Waals surface area (Å²) in [6.45, 7) is 2.46. The number of fused-ring (bicyclic) bond motifs is 2. The van der Waals surface area contributed by atoms with Gasteiger partial charge in [-0.05, 0) is 5.56 Å². The van der Waals surface area contributed by atoms with E-state index in [9.17, 15) is 4.79 Å². The molecule has 2 atom stereocenters. The molecule has 2 N–H and O–H groups in total. The average Bonchev–Trinajstić information content (AvgIpc) is 2.72. The van der Waals surface area contributed by atoms with Gasteiger partial charge in [0.05, 0.1) is 18.2 Å². The Hall–Kier alpha value is -1.59. The maximum atomic E-state index is 11.9. The summed E-state index contributed by atoms with van der Waals surface area (Å²) in [6.07, 6.45) is 0.695. The van der Waals surface area contributed by atoms with E-state index < -0.39 is 0 Å². The van der Waals surface area contributed by atoms with E-state index >= 15 is 0 Å². The van der Waals surface area contributed by atoms with Crippen LogP contribution in [0.1, 0.15) is 12.0 Å². The van der Waals surface area contributed by atoms with Crippen molar-refractivity contribution in [2.45, 2.75) is 24.7 Å². The Labute approximate surface area is 112 Å². The van der Waals surface area contributed by atoms with Crippen LogP contribution < -0.4 is 10.6 Å². The molecule has 1 aromatic rings. The highest BCUT2D eigenvalue weighted by Crippen LogP contribution is 2.26. The predicted molar refractivity (Wildman–Crippen MR) is 69.7 cm³/mol. The molecule has 2 bridgehead atoms. The SMILES string of the molecule is O=C(NC12CNCC(C1)OC2)OCc1ccccc1. The predicted octanol–water partition coefficient (Wildman–Crippen LogP) is 1.04. The van der Waals surface area contributed by atoms with Crippen LogP contribution in [-0.4, -0.2) is 37.4 Å². The molecule has 0 saturated carbocycles. The first kappa shape index (κ1) is 12.4. The molecule has 2 saturated heterocycles. The molecule has 102 valence electrons. The molecule has 1 amide bonds. The van der Waals surface area contributed by atoms with Crippen LogP contribution in [0.15, 0.2) is 30.3 Å². The third-order valence-electron chi connectivity index (χ3n) is 3.63. The second-order valence-electron chi connectivity index (χ2n) is 5.24. The molecule has 2 fully saturated rings. The highest BCUT2D eigenvalue weighted by Gasteiger charge is 2.44. The van der Waals surface area contributed by atoms with Gasteiger partial charge in [0.1, 0.15) is 6.61 Å². The molecule has 2 aliphatic rings. The van der Waals surface area contributed by atoms with Gasteiger partial charge in [-0.25, -0.2) is 4.79 Å². The molecular weight excluding hydrogens is 244 g/mol. The van der Waals surface area contributed by atoms with E-state index in [0.717, 1.165) is 25.1 Å². The maximum Gasteiger partial charge on any atom is 0.408 e. The van der Waals surface area contributed by atoms with Gasteiger partial charge in [0.2, 0.25) is 0 Å². The first-order valence-corrected chi connectivity index (χ1v) is 6.57. The third kappa shape index (κ3) is 2.88. The van der Waals surface area contributed by atoms with Crippen LogP contribution in [0.2, 0.25) is 0 Å². The van der Waals surface area contributed by atoms with Gasteiger partial charge in [-0.3, -0.25) is 0 Å². The normalized spacial score (nSPS) is 28.9. The van der Waals surface area contributed by atoms with Crippen molar-refractivity contribution >= 4 is 6.09 Å². The van der Waals surface area contributed by atoms with E-state index in [-0.39, 0.29) is 17.7 Å². The van der Waals surface area contributed by atoms with Gasteiger partial charge < -0.3 is 20.1 Å². The first-order chi connectivity index (χ1) is 9.26. The van der Waals surface area contributed by atoms with E-state index in [0.29, 0.717) is 13.2 Å². The fraction of sp³-hybridized carbons (Fsp3) is 0.500. The van der Waals surface area contributed by atoms with Crippen LogP contribution in [0.4, 0.5) is 4.79 Å². The van der Waals surface area contributed by atoms with Crippen molar-refractivity contribution < 1.29 is 14.3 Å². The fourth-order valence-corrected chi connectivity index (χ4v) is 2.66. The maximum absolute atomic E-state index is 11.9. The van der Waals surface area contributed by atoms with Crippen LogP contribution in [0.3, 0.4) is 0 Å². The summed E-state index contributed by atoms with van der Waals surface area (Å²) in [4.78, 5) is 11.9. The van der Waals surface area contributed by atoms with Crippen molar-refractivity contribution in [2.24, 2.45) is 0 Å². The average molecular weight is 262 g/mol. The van der Waals surface area contributed by atoms with E-state index in [1.54, 1.807) is 0 Å².